The van der Waals surface area contributed by atoms with E-state index < -0.39 is 37.9 Å². The van der Waals surface area contributed by atoms with Gasteiger partial charge in [-0.3, -0.25) is 0 Å². The molecule has 23 heavy (non-hydrogen) atoms. The molecule has 1 heterocycles. The first-order valence-corrected chi connectivity index (χ1v) is 7.58. The van der Waals surface area contributed by atoms with Crippen molar-refractivity contribution in [2.75, 3.05) is 7.11 Å². The van der Waals surface area contributed by atoms with Crippen molar-refractivity contribution < 1.29 is 39.7 Å². The molecule has 6 nitrogen and oxygen atoms in total. The van der Waals surface area contributed by atoms with Crippen LogP contribution >= 0.6 is 11.6 Å². The summed E-state index contributed by atoms with van der Waals surface area (Å²) in [5, 5.41) is -0.254. The molecule has 0 radical (unpaired) electrons. The number of esters is 1. The van der Waals surface area contributed by atoms with E-state index in [9.17, 15) is 26.4 Å². The minimum Gasteiger partial charge on any atom is -0.465 e. The smallest absolute Gasteiger partial charge is 0.465 e. The van der Waals surface area contributed by atoms with E-state index in [1.54, 1.807) is 0 Å². The van der Waals surface area contributed by atoms with E-state index in [-0.39, 0.29) is 11.0 Å². The predicted molar refractivity (Wildman–Crippen MR) is 72.9 cm³/mol. The lowest BCUT2D eigenvalue weighted by molar-refractivity contribution is -0.0500. The topological polar surface area (TPSA) is 82.8 Å². The maximum atomic E-state index is 12.5. The fraction of sp³-hybridized carbons (Fsp3) is 0.250. The molecule has 11 heteroatoms. The van der Waals surface area contributed by atoms with Crippen molar-refractivity contribution in [1.82, 2.24) is 0 Å². The maximum absolute atomic E-state index is 12.5. The van der Waals surface area contributed by atoms with Crippen LogP contribution in [0.15, 0.2) is 16.5 Å². The van der Waals surface area contributed by atoms with E-state index in [0.717, 1.165) is 13.2 Å². The molecular formula is C12H8ClF3O6S. The second-order valence-electron chi connectivity index (χ2n) is 4.31. The summed E-state index contributed by atoms with van der Waals surface area (Å²) in [4.78, 5) is 11.8. The first-order chi connectivity index (χ1) is 10.5. The van der Waals surface area contributed by atoms with Gasteiger partial charge in [-0.25, -0.2) is 4.79 Å². The van der Waals surface area contributed by atoms with Gasteiger partial charge >= 0.3 is 21.6 Å². The Labute approximate surface area is 132 Å². The summed E-state index contributed by atoms with van der Waals surface area (Å²) in [6, 6.07) is 2.57. The van der Waals surface area contributed by atoms with Gasteiger partial charge in [0.1, 0.15) is 11.3 Å². The van der Waals surface area contributed by atoms with Crippen molar-refractivity contribution in [2.45, 2.75) is 12.4 Å². The molecule has 0 aliphatic heterocycles. The number of carbonyl (C=O) groups excluding carboxylic acids is 1. The van der Waals surface area contributed by atoms with E-state index in [4.69, 9.17) is 16.0 Å². The molecule has 0 aliphatic rings. The number of alkyl halides is 3. The summed E-state index contributed by atoms with van der Waals surface area (Å²) in [5.74, 6) is -1.87. The quantitative estimate of drug-likeness (QED) is 0.466. The van der Waals surface area contributed by atoms with Gasteiger partial charge in [0.25, 0.3) is 0 Å². The van der Waals surface area contributed by atoms with Crippen LogP contribution in [0.3, 0.4) is 0 Å². The molecule has 0 spiro atoms. The van der Waals surface area contributed by atoms with E-state index in [2.05, 4.69) is 8.92 Å². The number of aryl methyl sites for hydroxylation is 1. The molecule has 0 unspecified atom stereocenters. The van der Waals surface area contributed by atoms with E-state index in [0.29, 0.717) is 5.76 Å². The third-order valence-corrected chi connectivity index (χ3v) is 3.94. The summed E-state index contributed by atoms with van der Waals surface area (Å²) in [6.45, 7) is 1.52. The normalized spacial score (nSPS) is 12.4. The molecule has 126 valence electrons. The lowest BCUT2D eigenvalue weighted by Crippen LogP contribution is -2.28. The van der Waals surface area contributed by atoms with E-state index >= 15 is 0 Å². The monoisotopic (exact) mass is 372 g/mol. The molecule has 0 amide bonds. The predicted octanol–water partition coefficient (Wildman–Crippen LogP) is 3.41. The van der Waals surface area contributed by atoms with Crippen LogP contribution in [-0.2, 0) is 14.9 Å². The zero-order chi connectivity index (χ0) is 17.6. The Bertz CT molecular complexity index is 884. The number of ether oxygens (including phenoxy) is 1. The Hall–Kier alpha value is -1.94. The van der Waals surface area contributed by atoms with Crippen molar-refractivity contribution in [2.24, 2.45) is 0 Å². The average molecular weight is 373 g/mol. The SMILES string of the molecule is COC(=O)c1c(OS(=O)(=O)C(F)(F)F)c(Cl)cc2cc(C)oc12. The third kappa shape index (κ3) is 3.08. The second kappa shape index (κ2) is 5.60. The first kappa shape index (κ1) is 17.4. The van der Waals surface area contributed by atoms with Crippen molar-refractivity contribution >= 4 is 38.7 Å². The van der Waals surface area contributed by atoms with Gasteiger partial charge in [0.05, 0.1) is 12.1 Å². The highest BCUT2D eigenvalue weighted by Crippen LogP contribution is 2.40. The lowest BCUT2D eigenvalue weighted by Gasteiger charge is -2.13. The van der Waals surface area contributed by atoms with Crippen molar-refractivity contribution in [3.63, 3.8) is 0 Å². The zero-order valence-corrected chi connectivity index (χ0v) is 13.1. The third-order valence-electron chi connectivity index (χ3n) is 2.70. The molecule has 2 rings (SSSR count). The Morgan fingerprint density at radius 2 is 1.91 bits per heavy atom. The van der Waals surface area contributed by atoms with Crippen LogP contribution in [0.5, 0.6) is 5.75 Å². The molecule has 0 aliphatic carbocycles. The number of furan rings is 1. The van der Waals surface area contributed by atoms with Gasteiger partial charge in [0.15, 0.2) is 11.3 Å². The number of carbonyl (C=O) groups is 1. The fourth-order valence-corrected chi connectivity index (χ4v) is 2.57. The lowest BCUT2D eigenvalue weighted by atomic mass is 10.1. The van der Waals surface area contributed by atoms with Crippen LogP contribution < -0.4 is 4.18 Å². The van der Waals surface area contributed by atoms with Crippen molar-refractivity contribution in [3.8, 4) is 5.75 Å². The zero-order valence-electron chi connectivity index (χ0n) is 11.5. The molecule has 0 atom stereocenters. The Kier molecular flexibility index (Phi) is 4.24. The van der Waals surface area contributed by atoms with Gasteiger partial charge in [0.2, 0.25) is 0 Å². The van der Waals surface area contributed by atoms with Gasteiger partial charge in [-0.05, 0) is 19.1 Å². The van der Waals surface area contributed by atoms with Crippen LogP contribution in [0.1, 0.15) is 16.1 Å². The number of halogens is 4. The molecule has 0 saturated heterocycles. The standard InChI is InChI=1S/C12H8ClF3O6S/c1-5-3-6-4-7(13)10(22-23(18,19)12(14,15)16)8(9(6)21-5)11(17)20-2/h3-4H,1-2H3. The van der Waals surface area contributed by atoms with Crippen LogP contribution in [0, 0.1) is 6.92 Å². The van der Waals surface area contributed by atoms with Crippen LogP contribution in [0.25, 0.3) is 11.0 Å². The minimum atomic E-state index is -6.03. The molecule has 0 fully saturated rings. The highest BCUT2D eigenvalue weighted by Gasteiger charge is 2.49. The number of methoxy groups -OCH3 is 1. The summed E-state index contributed by atoms with van der Waals surface area (Å²) >= 11 is 5.77. The minimum absolute atomic E-state index is 0.203. The molecule has 2 aromatic rings. The van der Waals surface area contributed by atoms with E-state index in [1.807, 2.05) is 0 Å². The molecule has 0 bridgehead atoms. The Balaban J connectivity index is 2.77. The van der Waals surface area contributed by atoms with Crippen LogP contribution in [0.2, 0.25) is 5.02 Å². The summed E-state index contributed by atoms with van der Waals surface area (Å²) in [7, 11) is -5.08. The molecular weight excluding hydrogens is 365 g/mol. The van der Waals surface area contributed by atoms with Gasteiger partial charge in [0, 0.05) is 5.39 Å². The number of rotatable bonds is 3. The van der Waals surface area contributed by atoms with Gasteiger partial charge in [-0.2, -0.15) is 21.6 Å². The summed E-state index contributed by atoms with van der Waals surface area (Å²) in [5.41, 5.74) is -6.56. The highest BCUT2D eigenvalue weighted by molar-refractivity contribution is 7.88. The number of fused-ring (bicyclic) bond motifs is 1. The fourth-order valence-electron chi connectivity index (χ4n) is 1.79. The van der Waals surface area contributed by atoms with Gasteiger partial charge in [-0.1, -0.05) is 11.6 Å². The van der Waals surface area contributed by atoms with E-state index in [1.165, 1.54) is 13.0 Å². The first-order valence-electron chi connectivity index (χ1n) is 5.79. The van der Waals surface area contributed by atoms with Crippen LogP contribution in [-0.4, -0.2) is 27.0 Å². The average Bonchev–Trinajstić information content (AvgIpc) is 2.76. The highest BCUT2D eigenvalue weighted by atomic mass is 35.5. The number of hydrogen-bond donors (Lipinski definition) is 0. The summed E-state index contributed by atoms with van der Waals surface area (Å²) < 4.78 is 73.5. The molecule has 1 aromatic carbocycles. The number of hydrogen-bond acceptors (Lipinski definition) is 6. The largest absolute Gasteiger partial charge is 0.534 e. The molecule has 0 N–H and O–H groups in total. The van der Waals surface area contributed by atoms with Crippen molar-refractivity contribution in [1.29, 1.82) is 0 Å². The molecule has 0 saturated carbocycles. The van der Waals surface area contributed by atoms with Crippen molar-refractivity contribution in [3.05, 3.63) is 28.5 Å². The van der Waals surface area contributed by atoms with Gasteiger partial charge < -0.3 is 13.3 Å². The Morgan fingerprint density at radius 1 is 1.30 bits per heavy atom. The second-order valence-corrected chi connectivity index (χ2v) is 6.26. The maximum Gasteiger partial charge on any atom is 0.534 e. The van der Waals surface area contributed by atoms with Gasteiger partial charge in [-0.15, -0.1) is 0 Å². The Morgan fingerprint density at radius 3 is 2.43 bits per heavy atom. The summed E-state index contributed by atoms with van der Waals surface area (Å²) in [6.07, 6.45) is 0. The molecule has 1 aromatic heterocycles. The van der Waals surface area contributed by atoms with Crippen LogP contribution in [0.4, 0.5) is 13.2 Å². The number of benzene rings is 1.